The minimum Gasteiger partial charge on any atom is -0.370 e. The van der Waals surface area contributed by atoms with Crippen molar-refractivity contribution >= 4 is 5.96 Å². The predicted molar refractivity (Wildman–Crippen MR) is 40.8 cm³/mol. The highest BCUT2D eigenvalue weighted by Crippen LogP contribution is 2.02. The van der Waals surface area contributed by atoms with Gasteiger partial charge < -0.3 is 11.1 Å². The summed E-state index contributed by atoms with van der Waals surface area (Å²) in [5.41, 5.74) is 5.24. The molecule has 66 valence electrons. The Morgan fingerprint density at radius 2 is 2.18 bits per heavy atom. The van der Waals surface area contributed by atoms with E-state index in [9.17, 15) is 8.78 Å². The van der Waals surface area contributed by atoms with E-state index in [1.54, 1.807) is 6.92 Å². The quantitative estimate of drug-likeness (QED) is 0.474. The van der Waals surface area contributed by atoms with E-state index in [0.717, 1.165) is 0 Å². The number of nitrogens with zero attached hydrogens (tertiary/aromatic N) is 1. The second-order valence-corrected chi connectivity index (χ2v) is 2.28. The van der Waals surface area contributed by atoms with Crippen molar-refractivity contribution in [2.45, 2.75) is 25.8 Å². The van der Waals surface area contributed by atoms with E-state index < -0.39 is 6.43 Å². The van der Waals surface area contributed by atoms with Crippen molar-refractivity contribution in [3.63, 3.8) is 0 Å². The predicted octanol–water partition coefficient (Wildman–Crippen LogP) is 0.564. The average Bonchev–Trinajstić information content (AvgIpc) is 1.85. The maximum Gasteiger partial charge on any atom is 0.240 e. The molecule has 0 spiro atoms. The monoisotopic (exact) mass is 165 g/mol. The number of hydrogen-bond acceptors (Lipinski definition) is 1. The molecule has 0 heterocycles. The van der Waals surface area contributed by atoms with E-state index in [1.807, 2.05) is 0 Å². The van der Waals surface area contributed by atoms with Crippen molar-refractivity contribution in [2.75, 3.05) is 7.05 Å². The Morgan fingerprint density at radius 3 is 2.55 bits per heavy atom. The van der Waals surface area contributed by atoms with Crippen LogP contribution in [0.5, 0.6) is 0 Å². The zero-order chi connectivity index (χ0) is 8.85. The van der Waals surface area contributed by atoms with Gasteiger partial charge in [0.25, 0.3) is 0 Å². The Balaban J connectivity index is 3.60. The summed E-state index contributed by atoms with van der Waals surface area (Å²) in [6, 6.07) is -0.335. The summed E-state index contributed by atoms with van der Waals surface area (Å²) < 4.78 is 23.4. The molecule has 0 rings (SSSR count). The first-order valence-electron chi connectivity index (χ1n) is 3.33. The number of aliphatic imine (C=N–C) groups is 1. The van der Waals surface area contributed by atoms with Gasteiger partial charge in [-0.2, -0.15) is 0 Å². The summed E-state index contributed by atoms with van der Waals surface area (Å²) in [4.78, 5) is 3.57. The molecule has 0 fully saturated rings. The summed E-state index contributed by atoms with van der Waals surface area (Å²) in [5, 5.41) is 2.61. The number of nitrogens with one attached hydrogen (secondary N) is 1. The SMILES string of the molecule is CN=C(N)NC(C)CC(F)F. The molecular weight excluding hydrogens is 152 g/mol. The summed E-state index contributed by atoms with van der Waals surface area (Å²) in [6.45, 7) is 1.63. The fourth-order valence-corrected chi connectivity index (χ4v) is 0.643. The van der Waals surface area contributed by atoms with Gasteiger partial charge in [0, 0.05) is 19.5 Å². The van der Waals surface area contributed by atoms with Crippen LogP contribution in [-0.4, -0.2) is 25.5 Å². The zero-order valence-electron chi connectivity index (χ0n) is 6.64. The van der Waals surface area contributed by atoms with Crippen LogP contribution in [0.1, 0.15) is 13.3 Å². The second-order valence-electron chi connectivity index (χ2n) is 2.28. The van der Waals surface area contributed by atoms with Crippen molar-refractivity contribution in [3.05, 3.63) is 0 Å². The zero-order valence-corrected chi connectivity index (χ0v) is 6.64. The van der Waals surface area contributed by atoms with Gasteiger partial charge in [0.2, 0.25) is 6.43 Å². The Kier molecular flexibility index (Phi) is 4.49. The maximum absolute atomic E-state index is 11.7. The second kappa shape index (κ2) is 4.87. The molecule has 0 saturated carbocycles. The number of rotatable bonds is 3. The van der Waals surface area contributed by atoms with Crippen LogP contribution in [0.25, 0.3) is 0 Å². The van der Waals surface area contributed by atoms with Crippen LogP contribution < -0.4 is 11.1 Å². The van der Waals surface area contributed by atoms with E-state index in [-0.39, 0.29) is 18.4 Å². The number of guanidine groups is 1. The maximum atomic E-state index is 11.7. The molecule has 1 atom stereocenters. The van der Waals surface area contributed by atoms with Crippen molar-refractivity contribution in [1.29, 1.82) is 0 Å². The molecule has 0 bridgehead atoms. The van der Waals surface area contributed by atoms with Crippen LogP contribution in [0.2, 0.25) is 0 Å². The lowest BCUT2D eigenvalue weighted by Gasteiger charge is -2.12. The molecule has 0 aromatic carbocycles. The fourth-order valence-electron chi connectivity index (χ4n) is 0.643. The van der Waals surface area contributed by atoms with Crippen LogP contribution in [0, 0.1) is 0 Å². The molecule has 0 saturated heterocycles. The van der Waals surface area contributed by atoms with Crippen LogP contribution in [0.15, 0.2) is 4.99 Å². The van der Waals surface area contributed by atoms with Crippen molar-refractivity contribution in [3.8, 4) is 0 Å². The summed E-state index contributed by atoms with van der Waals surface area (Å²) in [7, 11) is 1.50. The van der Waals surface area contributed by atoms with Crippen LogP contribution in [0.3, 0.4) is 0 Å². The number of nitrogens with two attached hydrogens (primary N) is 1. The van der Waals surface area contributed by atoms with Gasteiger partial charge >= 0.3 is 0 Å². The normalized spacial score (nSPS) is 15.2. The average molecular weight is 165 g/mol. The molecule has 0 aliphatic carbocycles. The van der Waals surface area contributed by atoms with Crippen LogP contribution in [-0.2, 0) is 0 Å². The fraction of sp³-hybridized carbons (Fsp3) is 0.833. The van der Waals surface area contributed by atoms with Gasteiger partial charge in [-0.3, -0.25) is 4.99 Å². The molecule has 0 aromatic heterocycles. The minimum atomic E-state index is -2.30. The third kappa shape index (κ3) is 5.57. The van der Waals surface area contributed by atoms with Gasteiger partial charge in [-0.25, -0.2) is 8.78 Å². The summed E-state index contributed by atoms with van der Waals surface area (Å²) in [6.07, 6.45) is -2.52. The van der Waals surface area contributed by atoms with Gasteiger partial charge in [-0.15, -0.1) is 0 Å². The van der Waals surface area contributed by atoms with Gasteiger partial charge in [0.05, 0.1) is 0 Å². The van der Waals surface area contributed by atoms with E-state index >= 15 is 0 Å². The molecule has 11 heavy (non-hydrogen) atoms. The summed E-state index contributed by atoms with van der Waals surface area (Å²) >= 11 is 0. The Bertz CT molecular complexity index is 136. The smallest absolute Gasteiger partial charge is 0.240 e. The van der Waals surface area contributed by atoms with Gasteiger partial charge in [-0.05, 0) is 6.92 Å². The summed E-state index contributed by atoms with van der Waals surface area (Å²) in [5.74, 6) is 0.193. The van der Waals surface area contributed by atoms with Gasteiger partial charge in [0.15, 0.2) is 5.96 Å². The number of alkyl halides is 2. The molecule has 0 aliphatic heterocycles. The van der Waals surface area contributed by atoms with Crippen LogP contribution in [0.4, 0.5) is 8.78 Å². The van der Waals surface area contributed by atoms with Crippen molar-refractivity contribution in [2.24, 2.45) is 10.7 Å². The van der Waals surface area contributed by atoms with Crippen LogP contribution >= 0.6 is 0 Å². The molecule has 3 nitrogen and oxygen atoms in total. The topological polar surface area (TPSA) is 50.4 Å². The van der Waals surface area contributed by atoms with E-state index in [4.69, 9.17) is 5.73 Å². The first kappa shape index (κ1) is 10.1. The number of halogens is 2. The largest absolute Gasteiger partial charge is 0.370 e. The van der Waals surface area contributed by atoms with E-state index in [1.165, 1.54) is 7.05 Å². The third-order valence-electron chi connectivity index (χ3n) is 1.17. The molecule has 1 unspecified atom stereocenters. The number of hydrogen-bond donors (Lipinski definition) is 2. The Hall–Kier alpha value is -0.870. The van der Waals surface area contributed by atoms with Gasteiger partial charge in [0.1, 0.15) is 0 Å². The van der Waals surface area contributed by atoms with Crippen molar-refractivity contribution in [1.82, 2.24) is 5.32 Å². The Morgan fingerprint density at radius 1 is 1.64 bits per heavy atom. The highest BCUT2D eigenvalue weighted by Gasteiger charge is 2.09. The van der Waals surface area contributed by atoms with Crippen molar-refractivity contribution < 1.29 is 8.78 Å². The Labute approximate surface area is 64.7 Å². The molecular formula is C6H13F2N3. The highest BCUT2D eigenvalue weighted by atomic mass is 19.3. The molecule has 0 radical (unpaired) electrons. The highest BCUT2D eigenvalue weighted by molar-refractivity contribution is 5.77. The first-order valence-corrected chi connectivity index (χ1v) is 3.33. The lowest BCUT2D eigenvalue weighted by Crippen LogP contribution is -2.39. The standard InChI is InChI=1S/C6H13F2N3/c1-4(3-5(7)8)11-6(9)10-2/h4-5H,3H2,1-2H3,(H3,9,10,11). The molecule has 5 heteroatoms. The molecule has 0 aromatic rings. The minimum absolute atomic E-state index is 0.193. The van der Waals surface area contributed by atoms with E-state index in [2.05, 4.69) is 10.3 Å². The first-order chi connectivity index (χ1) is 5.06. The lowest BCUT2D eigenvalue weighted by molar-refractivity contribution is 0.128. The molecule has 3 N–H and O–H groups in total. The third-order valence-corrected chi connectivity index (χ3v) is 1.17. The lowest BCUT2D eigenvalue weighted by atomic mass is 10.2. The van der Waals surface area contributed by atoms with E-state index in [0.29, 0.717) is 0 Å². The molecule has 0 aliphatic rings. The molecule has 0 amide bonds. The van der Waals surface area contributed by atoms with Gasteiger partial charge in [-0.1, -0.05) is 0 Å².